The van der Waals surface area contributed by atoms with Crippen molar-refractivity contribution in [2.24, 2.45) is 0 Å². The lowest BCUT2D eigenvalue weighted by molar-refractivity contribution is -0.139. The van der Waals surface area contributed by atoms with Crippen molar-refractivity contribution in [2.45, 2.75) is 6.92 Å². The van der Waals surface area contributed by atoms with Crippen molar-refractivity contribution in [3.8, 4) is 5.75 Å². The smallest absolute Gasteiger partial charge is 0.302 e. The summed E-state index contributed by atoms with van der Waals surface area (Å²) in [4.78, 5) is 10.4. The summed E-state index contributed by atoms with van der Waals surface area (Å²) in [5.41, 5.74) is 0.595. The van der Waals surface area contributed by atoms with E-state index in [1.54, 1.807) is 18.2 Å². The Hall–Kier alpha value is -1.84. The molecule has 0 amide bonds. The zero-order chi connectivity index (χ0) is 11.3. The van der Waals surface area contributed by atoms with E-state index in [9.17, 15) is 9.18 Å². The summed E-state index contributed by atoms with van der Waals surface area (Å²) in [7, 11) is 0. The highest BCUT2D eigenvalue weighted by Gasteiger charge is 1.98. The van der Waals surface area contributed by atoms with Crippen LogP contribution in [0.25, 0.3) is 6.08 Å². The van der Waals surface area contributed by atoms with Crippen molar-refractivity contribution in [1.29, 1.82) is 0 Å². The lowest BCUT2D eigenvalue weighted by atomic mass is 10.2. The molecular weight excluding hydrogens is 199 g/mol. The third-order valence-corrected chi connectivity index (χ3v) is 1.66. The van der Waals surface area contributed by atoms with E-state index in [0.29, 0.717) is 5.56 Å². The molecule has 0 atom stereocenters. The second kappa shape index (κ2) is 5.14. The molecule has 0 fully saturated rings. The fourth-order valence-corrected chi connectivity index (χ4v) is 0.976. The second-order valence-electron chi connectivity index (χ2n) is 2.92. The molecule has 0 aliphatic carbocycles. The monoisotopic (exact) mass is 210 g/mol. The van der Waals surface area contributed by atoms with Gasteiger partial charge in [0.05, 0.1) is 0 Å². The summed E-state index contributed by atoms with van der Waals surface area (Å²) in [6.07, 6.45) is 3.19. The maximum atomic E-state index is 12.8. The molecule has 0 unspecified atom stereocenters. The fourth-order valence-electron chi connectivity index (χ4n) is 0.976. The predicted molar refractivity (Wildman–Crippen MR) is 53.7 cm³/mol. The number of esters is 1. The van der Waals surface area contributed by atoms with Gasteiger partial charge in [0.15, 0.2) is 11.6 Å². The largest absolute Gasteiger partial charge is 0.505 e. The zero-order valence-electron chi connectivity index (χ0n) is 8.24. The van der Waals surface area contributed by atoms with Gasteiger partial charge in [-0.2, -0.15) is 0 Å². The number of rotatable bonds is 3. The van der Waals surface area contributed by atoms with Gasteiger partial charge in [-0.3, -0.25) is 4.79 Å². The van der Waals surface area contributed by atoms with Gasteiger partial charge in [-0.1, -0.05) is 12.1 Å². The van der Waals surface area contributed by atoms with Crippen molar-refractivity contribution in [1.82, 2.24) is 0 Å². The lowest BCUT2D eigenvalue weighted by Gasteiger charge is -1.97. The van der Waals surface area contributed by atoms with Crippen molar-refractivity contribution in [3.63, 3.8) is 0 Å². The number of carbonyl (C=O) groups excluding carboxylic acids is 1. The van der Waals surface area contributed by atoms with Crippen LogP contribution in [0.5, 0.6) is 5.75 Å². The molecule has 0 aromatic heterocycles. The molecule has 0 bridgehead atoms. The van der Waals surface area contributed by atoms with Crippen LogP contribution >= 0.6 is 0 Å². The van der Waals surface area contributed by atoms with Crippen LogP contribution in [-0.4, -0.2) is 17.7 Å². The molecule has 4 heteroatoms. The molecule has 15 heavy (non-hydrogen) atoms. The maximum Gasteiger partial charge on any atom is 0.302 e. The summed E-state index contributed by atoms with van der Waals surface area (Å²) < 4.78 is 17.5. The predicted octanol–water partition coefficient (Wildman–Crippen LogP) is 2.11. The first-order chi connectivity index (χ1) is 7.09. The molecular formula is C11H11FO3. The molecule has 0 aliphatic heterocycles. The number of aromatic hydroxyl groups is 1. The molecule has 1 aromatic rings. The quantitative estimate of drug-likeness (QED) is 0.777. The first kappa shape index (κ1) is 11.2. The van der Waals surface area contributed by atoms with Gasteiger partial charge >= 0.3 is 5.97 Å². The first-order valence-electron chi connectivity index (χ1n) is 4.38. The standard InChI is InChI=1S/C11H11FO3/c1-8(13)15-6-2-3-9-4-5-11(14)10(12)7-9/h2-5,7,14H,6H2,1H3. The summed E-state index contributed by atoms with van der Waals surface area (Å²) in [5.74, 6) is -1.42. The number of phenolic OH excluding ortho intramolecular Hbond substituents is 1. The molecule has 1 rings (SSSR count). The Labute approximate surface area is 86.8 Å². The number of hydrogen-bond donors (Lipinski definition) is 1. The Bertz CT molecular complexity index is 385. The van der Waals surface area contributed by atoms with Gasteiger partial charge in [0.2, 0.25) is 0 Å². The average Bonchev–Trinajstić information content (AvgIpc) is 2.18. The van der Waals surface area contributed by atoms with Gasteiger partial charge in [0.25, 0.3) is 0 Å². The van der Waals surface area contributed by atoms with Gasteiger partial charge in [-0.05, 0) is 23.8 Å². The molecule has 0 saturated heterocycles. The molecule has 3 nitrogen and oxygen atoms in total. The molecule has 0 aliphatic rings. The van der Waals surface area contributed by atoms with Gasteiger partial charge in [0.1, 0.15) is 6.61 Å². The van der Waals surface area contributed by atoms with Crippen LogP contribution in [0.2, 0.25) is 0 Å². The third-order valence-electron chi connectivity index (χ3n) is 1.66. The Morgan fingerprint density at radius 1 is 1.60 bits per heavy atom. The van der Waals surface area contributed by atoms with Crippen LogP contribution in [0, 0.1) is 5.82 Å². The van der Waals surface area contributed by atoms with Crippen LogP contribution in [0.3, 0.4) is 0 Å². The Balaban J connectivity index is 2.57. The highest BCUT2D eigenvalue weighted by atomic mass is 19.1. The summed E-state index contributed by atoms with van der Waals surface area (Å²) in [6.45, 7) is 1.46. The average molecular weight is 210 g/mol. The fraction of sp³-hybridized carbons (Fsp3) is 0.182. The van der Waals surface area contributed by atoms with Crippen molar-refractivity contribution < 1.29 is 19.0 Å². The van der Waals surface area contributed by atoms with E-state index >= 15 is 0 Å². The van der Waals surface area contributed by atoms with E-state index in [4.69, 9.17) is 5.11 Å². The molecule has 0 heterocycles. The molecule has 1 N–H and O–H groups in total. The molecule has 0 spiro atoms. The highest BCUT2D eigenvalue weighted by Crippen LogP contribution is 2.16. The molecule has 0 radical (unpaired) electrons. The number of carbonyl (C=O) groups is 1. The van der Waals surface area contributed by atoms with Crippen molar-refractivity contribution in [2.75, 3.05) is 6.61 Å². The summed E-state index contributed by atoms with van der Waals surface area (Å²) in [6, 6.07) is 4.02. The minimum Gasteiger partial charge on any atom is -0.505 e. The topological polar surface area (TPSA) is 46.5 Å². The van der Waals surface area contributed by atoms with Crippen LogP contribution in [0.1, 0.15) is 12.5 Å². The second-order valence-corrected chi connectivity index (χ2v) is 2.92. The first-order valence-corrected chi connectivity index (χ1v) is 4.38. The number of ether oxygens (including phenoxy) is 1. The third kappa shape index (κ3) is 3.81. The maximum absolute atomic E-state index is 12.8. The minimum absolute atomic E-state index is 0.151. The number of halogens is 1. The van der Waals surface area contributed by atoms with Crippen LogP contribution in [0.4, 0.5) is 4.39 Å². The molecule has 1 aromatic carbocycles. The van der Waals surface area contributed by atoms with Gasteiger partial charge in [0, 0.05) is 6.92 Å². The van der Waals surface area contributed by atoms with E-state index < -0.39 is 5.82 Å². The van der Waals surface area contributed by atoms with Crippen LogP contribution in [0.15, 0.2) is 24.3 Å². The molecule has 80 valence electrons. The summed E-state index contributed by atoms with van der Waals surface area (Å²) in [5, 5.41) is 8.92. The lowest BCUT2D eigenvalue weighted by Crippen LogP contribution is -1.97. The van der Waals surface area contributed by atoms with Crippen molar-refractivity contribution >= 4 is 12.0 Å². The van der Waals surface area contributed by atoms with E-state index in [1.807, 2.05) is 0 Å². The van der Waals surface area contributed by atoms with E-state index in [-0.39, 0.29) is 18.3 Å². The highest BCUT2D eigenvalue weighted by molar-refractivity contribution is 5.66. The van der Waals surface area contributed by atoms with E-state index in [2.05, 4.69) is 4.74 Å². The Morgan fingerprint density at radius 3 is 2.93 bits per heavy atom. The number of phenols is 1. The van der Waals surface area contributed by atoms with Crippen molar-refractivity contribution in [3.05, 3.63) is 35.7 Å². The van der Waals surface area contributed by atoms with Gasteiger partial charge in [-0.15, -0.1) is 0 Å². The van der Waals surface area contributed by atoms with Crippen LogP contribution in [-0.2, 0) is 9.53 Å². The summed E-state index contributed by atoms with van der Waals surface area (Å²) >= 11 is 0. The normalized spacial score (nSPS) is 10.5. The zero-order valence-corrected chi connectivity index (χ0v) is 8.24. The Kier molecular flexibility index (Phi) is 3.85. The van der Waals surface area contributed by atoms with Crippen LogP contribution < -0.4 is 0 Å². The Morgan fingerprint density at radius 2 is 2.33 bits per heavy atom. The number of benzene rings is 1. The van der Waals surface area contributed by atoms with Gasteiger partial charge < -0.3 is 9.84 Å². The van der Waals surface area contributed by atoms with E-state index in [0.717, 1.165) is 0 Å². The minimum atomic E-state index is -0.676. The number of hydrogen-bond acceptors (Lipinski definition) is 3. The SMILES string of the molecule is CC(=O)OCC=Cc1ccc(O)c(F)c1. The van der Waals surface area contributed by atoms with E-state index in [1.165, 1.54) is 19.1 Å². The van der Waals surface area contributed by atoms with Gasteiger partial charge in [-0.25, -0.2) is 4.39 Å². The molecule has 0 saturated carbocycles.